The van der Waals surface area contributed by atoms with Gasteiger partial charge in [0.05, 0.1) is 0 Å². The number of nitrogens with two attached hydrogens (primary N) is 1. The van der Waals surface area contributed by atoms with E-state index in [4.69, 9.17) is 5.73 Å². The summed E-state index contributed by atoms with van der Waals surface area (Å²) in [5.74, 6) is -0.180. The van der Waals surface area contributed by atoms with Crippen LogP contribution in [0.15, 0.2) is 28.7 Å². The first-order valence-corrected chi connectivity index (χ1v) is 7.71. The lowest BCUT2D eigenvalue weighted by molar-refractivity contribution is -0.119. The molecule has 0 spiro atoms. The van der Waals surface area contributed by atoms with Crippen LogP contribution >= 0.6 is 15.9 Å². The zero-order valence-corrected chi connectivity index (χ0v) is 12.7. The summed E-state index contributed by atoms with van der Waals surface area (Å²) in [4.78, 5) is 13.5. The van der Waals surface area contributed by atoms with Gasteiger partial charge in [0.25, 0.3) is 0 Å². The molecule has 1 saturated heterocycles. The molecule has 0 saturated carbocycles. The van der Waals surface area contributed by atoms with Crippen molar-refractivity contribution >= 4 is 21.8 Å². The highest BCUT2D eigenvalue weighted by molar-refractivity contribution is 9.10. The van der Waals surface area contributed by atoms with Crippen LogP contribution in [0.2, 0.25) is 0 Å². The molecule has 4 heteroatoms. The van der Waals surface area contributed by atoms with Crippen LogP contribution in [0.3, 0.4) is 0 Å². The van der Waals surface area contributed by atoms with Crippen molar-refractivity contribution in [2.75, 3.05) is 13.1 Å². The Kier molecular flexibility index (Phi) is 5.40. The summed E-state index contributed by atoms with van der Waals surface area (Å²) in [6.07, 6.45) is 5.08. The molecule has 0 radical (unpaired) electrons. The third-order valence-electron chi connectivity index (χ3n) is 3.79. The van der Waals surface area contributed by atoms with Gasteiger partial charge in [-0.15, -0.1) is 0 Å². The predicted octanol–water partition coefficient (Wildman–Crippen LogP) is 2.72. The molecule has 1 aliphatic heterocycles. The molecule has 2 N–H and O–H groups in total. The maximum Gasteiger partial charge on any atom is 0.218 e. The molecule has 1 aromatic carbocycles. The molecule has 1 atom stereocenters. The van der Waals surface area contributed by atoms with Crippen LogP contribution in [-0.4, -0.2) is 29.9 Å². The monoisotopic (exact) mass is 324 g/mol. The maximum absolute atomic E-state index is 11.1. The van der Waals surface area contributed by atoms with Gasteiger partial charge in [0.2, 0.25) is 5.91 Å². The Morgan fingerprint density at radius 1 is 1.32 bits per heavy atom. The number of hydrogen-bond donors (Lipinski definition) is 1. The number of benzene rings is 1. The minimum Gasteiger partial charge on any atom is -0.370 e. The molecule has 2 rings (SSSR count). The summed E-state index contributed by atoms with van der Waals surface area (Å²) in [6, 6.07) is 8.80. The van der Waals surface area contributed by atoms with Crippen molar-refractivity contribution in [1.29, 1.82) is 0 Å². The van der Waals surface area contributed by atoms with Gasteiger partial charge in [0.15, 0.2) is 0 Å². The van der Waals surface area contributed by atoms with Crippen LogP contribution in [0.1, 0.15) is 31.2 Å². The number of primary amides is 1. The first-order valence-electron chi connectivity index (χ1n) is 6.92. The van der Waals surface area contributed by atoms with Crippen LogP contribution in [0, 0.1) is 0 Å². The van der Waals surface area contributed by atoms with E-state index in [-0.39, 0.29) is 5.91 Å². The average molecular weight is 325 g/mol. The van der Waals surface area contributed by atoms with E-state index >= 15 is 0 Å². The fraction of sp³-hybridized carbons (Fsp3) is 0.533. The van der Waals surface area contributed by atoms with Crippen LogP contribution in [0.25, 0.3) is 0 Å². The third-order valence-corrected chi connectivity index (χ3v) is 4.32. The Hall–Kier alpha value is -0.870. The first-order chi connectivity index (χ1) is 9.15. The molecule has 3 nitrogen and oxygen atoms in total. The third kappa shape index (κ3) is 4.62. The van der Waals surface area contributed by atoms with Gasteiger partial charge >= 0.3 is 0 Å². The summed E-state index contributed by atoms with van der Waals surface area (Å²) < 4.78 is 1.11. The van der Waals surface area contributed by atoms with Crippen LogP contribution < -0.4 is 5.73 Å². The van der Waals surface area contributed by atoms with Crippen molar-refractivity contribution in [3.05, 3.63) is 34.3 Å². The van der Waals surface area contributed by atoms with Gasteiger partial charge in [-0.2, -0.15) is 0 Å². The molecule has 0 aliphatic carbocycles. The molecule has 104 valence electrons. The number of rotatable bonds is 5. The van der Waals surface area contributed by atoms with Crippen LogP contribution in [-0.2, 0) is 11.2 Å². The molecule has 1 amide bonds. The molecule has 19 heavy (non-hydrogen) atoms. The van der Waals surface area contributed by atoms with E-state index in [1.165, 1.54) is 18.4 Å². The molecule has 1 aromatic rings. The molecule has 1 heterocycles. The lowest BCUT2D eigenvalue weighted by Crippen LogP contribution is -2.42. The van der Waals surface area contributed by atoms with Crippen LogP contribution in [0.5, 0.6) is 0 Å². The van der Waals surface area contributed by atoms with E-state index in [0.29, 0.717) is 12.5 Å². The minimum absolute atomic E-state index is 0.180. The lowest BCUT2D eigenvalue weighted by Gasteiger charge is -2.35. The summed E-state index contributed by atoms with van der Waals surface area (Å²) in [6.45, 7) is 2.11. The standard InChI is InChI=1S/C15H21BrN2O/c16-13-6-4-12(5-7-13)8-10-18-9-2-1-3-14(18)11-15(17)19/h4-7,14H,1-3,8-11H2,(H2,17,19). The van der Waals surface area contributed by atoms with Crippen molar-refractivity contribution in [1.82, 2.24) is 4.90 Å². The van der Waals surface area contributed by atoms with Gasteiger partial charge in [-0.05, 0) is 43.5 Å². The quantitative estimate of drug-likeness (QED) is 0.905. The molecular formula is C15H21BrN2O. The number of likely N-dealkylation sites (tertiary alicyclic amines) is 1. The van der Waals surface area contributed by atoms with Crippen molar-refractivity contribution in [2.45, 2.75) is 38.1 Å². The SMILES string of the molecule is NC(=O)CC1CCCCN1CCc1ccc(Br)cc1. The number of nitrogens with zero attached hydrogens (tertiary/aromatic N) is 1. The Morgan fingerprint density at radius 2 is 2.05 bits per heavy atom. The average Bonchev–Trinajstić information content (AvgIpc) is 2.39. The number of carbonyl (C=O) groups is 1. The van der Waals surface area contributed by atoms with Gasteiger partial charge in [0, 0.05) is 23.5 Å². The first kappa shape index (κ1) is 14.5. The fourth-order valence-corrected chi connectivity index (χ4v) is 3.01. The van der Waals surface area contributed by atoms with Crippen molar-refractivity contribution < 1.29 is 4.79 Å². The highest BCUT2D eigenvalue weighted by Crippen LogP contribution is 2.20. The number of piperidine rings is 1. The van der Waals surface area contributed by atoms with Gasteiger partial charge in [-0.25, -0.2) is 0 Å². The number of hydrogen-bond acceptors (Lipinski definition) is 2. The number of halogens is 1. The van der Waals surface area contributed by atoms with Gasteiger partial charge in [0.1, 0.15) is 0 Å². The second-order valence-corrected chi connectivity index (χ2v) is 6.15. The zero-order valence-electron chi connectivity index (χ0n) is 11.1. The summed E-state index contributed by atoms with van der Waals surface area (Å²) >= 11 is 3.45. The van der Waals surface area contributed by atoms with Crippen molar-refractivity contribution in [2.24, 2.45) is 5.73 Å². The normalized spacial score (nSPS) is 20.4. The minimum atomic E-state index is -0.180. The van der Waals surface area contributed by atoms with Crippen molar-refractivity contribution in [3.63, 3.8) is 0 Å². The largest absolute Gasteiger partial charge is 0.370 e. The summed E-state index contributed by atoms with van der Waals surface area (Å²) in [7, 11) is 0. The van der Waals surface area contributed by atoms with Gasteiger partial charge < -0.3 is 5.73 Å². The predicted molar refractivity (Wildman–Crippen MR) is 80.9 cm³/mol. The second kappa shape index (κ2) is 7.06. The Morgan fingerprint density at radius 3 is 2.74 bits per heavy atom. The molecular weight excluding hydrogens is 304 g/mol. The van der Waals surface area contributed by atoms with Crippen LogP contribution in [0.4, 0.5) is 0 Å². The molecule has 0 bridgehead atoms. The lowest BCUT2D eigenvalue weighted by atomic mass is 9.98. The number of carbonyl (C=O) groups excluding carboxylic acids is 1. The zero-order chi connectivity index (χ0) is 13.7. The Balaban J connectivity index is 1.88. The van der Waals surface area contributed by atoms with Gasteiger partial charge in [-0.3, -0.25) is 9.69 Å². The topological polar surface area (TPSA) is 46.3 Å². The van der Waals surface area contributed by atoms with E-state index in [9.17, 15) is 4.79 Å². The summed E-state index contributed by atoms with van der Waals surface area (Å²) in [5, 5.41) is 0. The fourth-order valence-electron chi connectivity index (χ4n) is 2.74. The number of amides is 1. The second-order valence-electron chi connectivity index (χ2n) is 5.23. The highest BCUT2D eigenvalue weighted by atomic mass is 79.9. The smallest absolute Gasteiger partial charge is 0.218 e. The van der Waals surface area contributed by atoms with Gasteiger partial charge in [-0.1, -0.05) is 34.5 Å². The van der Waals surface area contributed by atoms with E-state index in [1.807, 2.05) is 0 Å². The molecule has 1 unspecified atom stereocenters. The Bertz CT molecular complexity index is 419. The molecule has 1 fully saturated rings. The van der Waals surface area contributed by atoms with E-state index in [0.717, 1.165) is 30.4 Å². The summed E-state index contributed by atoms with van der Waals surface area (Å²) in [5.41, 5.74) is 6.68. The molecule has 1 aliphatic rings. The van der Waals surface area contributed by atoms with E-state index in [1.54, 1.807) is 0 Å². The van der Waals surface area contributed by atoms with E-state index < -0.39 is 0 Å². The Labute approximate surface area is 123 Å². The van der Waals surface area contributed by atoms with E-state index in [2.05, 4.69) is 45.1 Å². The maximum atomic E-state index is 11.1. The highest BCUT2D eigenvalue weighted by Gasteiger charge is 2.23. The van der Waals surface area contributed by atoms with Crippen molar-refractivity contribution in [3.8, 4) is 0 Å². The molecule has 0 aromatic heterocycles.